The molecule has 0 radical (unpaired) electrons. The summed E-state index contributed by atoms with van der Waals surface area (Å²) in [6.07, 6.45) is 0.816. The first-order valence-corrected chi connectivity index (χ1v) is 6.58. The van der Waals surface area contributed by atoms with Crippen LogP contribution in [-0.4, -0.2) is 28.5 Å². The Morgan fingerprint density at radius 3 is 2.79 bits per heavy atom. The molecule has 0 unspecified atom stereocenters. The lowest BCUT2D eigenvalue weighted by atomic mass is 10.1. The van der Waals surface area contributed by atoms with Crippen LogP contribution in [0.4, 0.5) is 0 Å². The highest BCUT2D eigenvalue weighted by Crippen LogP contribution is 2.19. The lowest BCUT2D eigenvalue weighted by Crippen LogP contribution is -2.33. The molecule has 98 valence electrons. The van der Waals surface area contributed by atoms with Gasteiger partial charge >= 0.3 is 0 Å². The van der Waals surface area contributed by atoms with Crippen LogP contribution < -0.4 is 5.56 Å². The Labute approximate surface area is 116 Å². The van der Waals surface area contributed by atoms with E-state index < -0.39 is 0 Å². The molecule has 0 bridgehead atoms. The van der Waals surface area contributed by atoms with Crippen molar-refractivity contribution in [1.82, 2.24) is 14.9 Å². The molecule has 1 aromatic heterocycles. The van der Waals surface area contributed by atoms with Crippen LogP contribution in [0.2, 0.25) is 5.02 Å². The number of likely N-dealkylation sites (N-methyl/N-ethyl adjacent to an activating group) is 1. The van der Waals surface area contributed by atoms with Crippen molar-refractivity contribution in [2.24, 2.45) is 0 Å². The summed E-state index contributed by atoms with van der Waals surface area (Å²) in [6.45, 7) is 1.60. The van der Waals surface area contributed by atoms with Crippen molar-refractivity contribution >= 4 is 11.6 Å². The number of hydrogen-bond acceptors (Lipinski definition) is 3. The zero-order chi connectivity index (χ0) is 13.4. The molecule has 0 aliphatic carbocycles. The van der Waals surface area contributed by atoms with Crippen molar-refractivity contribution < 1.29 is 0 Å². The Kier molecular flexibility index (Phi) is 3.12. The third-order valence-electron chi connectivity index (χ3n) is 3.38. The maximum atomic E-state index is 12.1. The number of hydrogen-bond donors (Lipinski definition) is 1. The molecule has 0 fully saturated rings. The van der Waals surface area contributed by atoms with E-state index >= 15 is 0 Å². The Bertz CT molecular complexity index is 663. The third-order valence-corrected chi connectivity index (χ3v) is 3.63. The third kappa shape index (κ3) is 2.41. The Hall–Kier alpha value is -1.65. The number of fused-ring (bicyclic) bond motifs is 1. The summed E-state index contributed by atoms with van der Waals surface area (Å²) < 4.78 is 0. The second-order valence-electron chi connectivity index (χ2n) is 4.83. The highest BCUT2D eigenvalue weighted by molar-refractivity contribution is 6.30. The highest BCUT2D eigenvalue weighted by atomic mass is 35.5. The van der Waals surface area contributed by atoms with Gasteiger partial charge in [0.05, 0.1) is 11.3 Å². The van der Waals surface area contributed by atoms with Gasteiger partial charge in [-0.1, -0.05) is 11.6 Å². The summed E-state index contributed by atoms with van der Waals surface area (Å²) in [5, 5.41) is 0.672. The molecule has 0 atom stereocenters. The number of H-pyrrole nitrogens is 1. The van der Waals surface area contributed by atoms with Crippen LogP contribution in [-0.2, 0) is 13.0 Å². The fourth-order valence-corrected chi connectivity index (χ4v) is 2.43. The highest BCUT2D eigenvalue weighted by Gasteiger charge is 2.18. The van der Waals surface area contributed by atoms with Gasteiger partial charge in [0, 0.05) is 30.1 Å². The first-order valence-electron chi connectivity index (χ1n) is 6.20. The molecule has 2 aromatic rings. The van der Waals surface area contributed by atoms with Gasteiger partial charge in [-0.05, 0) is 31.3 Å². The normalized spacial score (nSPS) is 15.3. The second kappa shape index (κ2) is 4.79. The van der Waals surface area contributed by atoms with Crippen LogP contribution in [0.1, 0.15) is 11.3 Å². The van der Waals surface area contributed by atoms with Crippen molar-refractivity contribution in [3.05, 3.63) is 50.9 Å². The van der Waals surface area contributed by atoms with Gasteiger partial charge in [-0.3, -0.25) is 4.79 Å². The summed E-state index contributed by atoms with van der Waals surface area (Å²) in [7, 11) is 2.01. The summed E-state index contributed by atoms with van der Waals surface area (Å²) in [5.74, 6) is 0.616. The number of nitrogens with zero attached hydrogens (tertiary/aromatic N) is 2. The number of aromatic amines is 1. The van der Waals surface area contributed by atoms with Gasteiger partial charge < -0.3 is 9.88 Å². The molecular formula is C14H14ClN3O. The smallest absolute Gasteiger partial charge is 0.255 e. The quantitative estimate of drug-likeness (QED) is 0.867. The number of halogens is 1. The fraction of sp³-hybridized carbons (Fsp3) is 0.286. The number of aromatic nitrogens is 2. The standard InChI is InChI=1S/C14H14ClN3O/c1-18-7-6-12-11(8-18)14(19)17-13(16-12)9-2-4-10(15)5-3-9/h2-5H,6-8H2,1H3,(H,16,17,19). The predicted octanol–water partition coefficient (Wildman–Crippen LogP) is 2.08. The molecule has 1 aliphatic rings. The van der Waals surface area contributed by atoms with Gasteiger partial charge in [0.2, 0.25) is 0 Å². The molecule has 2 heterocycles. The average molecular weight is 276 g/mol. The van der Waals surface area contributed by atoms with E-state index in [9.17, 15) is 4.79 Å². The van der Waals surface area contributed by atoms with E-state index in [0.717, 1.165) is 29.8 Å². The molecule has 4 nitrogen and oxygen atoms in total. The largest absolute Gasteiger partial charge is 0.306 e. The zero-order valence-electron chi connectivity index (χ0n) is 10.6. The van der Waals surface area contributed by atoms with Gasteiger partial charge in [0.25, 0.3) is 5.56 Å². The van der Waals surface area contributed by atoms with Crippen molar-refractivity contribution in [2.45, 2.75) is 13.0 Å². The molecule has 19 heavy (non-hydrogen) atoms. The molecule has 0 spiro atoms. The molecular weight excluding hydrogens is 262 g/mol. The Morgan fingerprint density at radius 1 is 1.32 bits per heavy atom. The van der Waals surface area contributed by atoms with Gasteiger partial charge in [0.15, 0.2) is 0 Å². The monoisotopic (exact) mass is 275 g/mol. The van der Waals surface area contributed by atoms with Crippen molar-refractivity contribution in [1.29, 1.82) is 0 Å². The second-order valence-corrected chi connectivity index (χ2v) is 5.27. The van der Waals surface area contributed by atoms with E-state index in [-0.39, 0.29) is 5.56 Å². The maximum Gasteiger partial charge on any atom is 0.255 e. The minimum Gasteiger partial charge on any atom is -0.306 e. The van der Waals surface area contributed by atoms with E-state index in [0.29, 0.717) is 17.4 Å². The van der Waals surface area contributed by atoms with E-state index in [1.54, 1.807) is 12.1 Å². The topological polar surface area (TPSA) is 49.0 Å². The summed E-state index contributed by atoms with van der Waals surface area (Å²) >= 11 is 5.86. The van der Waals surface area contributed by atoms with Gasteiger partial charge in [-0.15, -0.1) is 0 Å². The molecule has 3 rings (SSSR count). The molecule has 1 N–H and O–H groups in total. The molecule has 0 saturated carbocycles. The van der Waals surface area contributed by atoms with E-state index in [4.69, 9.17) is 11.6 Å². The van der Waals surface area contributed by atoms with Gasteiger partial charge in [-0.2, -0.15) is 0 Å². The van der Waals surface area contributed by atoms with Crippen molar-refractivity contribution in [3.63, 3.8) is 0 Å². The van der Waals surface area contributed by atoms with E-state index in [1.165, 1.54) is 0 Å². The van der Waals surface area contributed by atoms with Crippen LogP contribution in [0, 0.1) is 0 Å². The molecule has 0 saturated heterocycles. The van der Waals surface area contributed by atoms with Crippen LogP contribution in [0.15, 0.2) is 29.1 Å². The van der Waals surface area contributed by atoms with Crippen LogP contribution >= 0.6 is 11.6 Å². The first kappa shape index (κ1) is 12.4. The number of nitrogens with one attached hydrogen (secondary N) is 1. The first-order chi connectivity index (χ1) is 9.13. The summed E-state index contributed by atoms with van der Waals surface area (Å²) in [4.78, 5) is 21.7. The van der Waals surface area contributed by atoms with Gasteiger partial charge in [0.1, 0.15) is 5.82 Å². The molecule has 0 amide bonds. The number of rotatable bonds is 1. The fourth-order valence-electron chi connectivity index (χ4n) is 2.30. The lowest BCUT2D eigenvalue weighted by molar-refractivity contribution is 0.307. The summed E-state index contributed by atoms with van der Waals surface area (Å²) in [5.41, 5.74) is 2.53. The summed E-state index contributed by atoms with van der Waals surface area (Å²) in [6, 6.07) is 7.32. The van der Waals surface area contributed by atoms with Crippen LogP contribution in [0.3, 0.4) is 0 Å². The predicted molar refractivity (Wildman–Crippen MR) is 75.3 cm³/mol. The lowest BCUT2D eigenvalue weighted by Gasteiger charge is -2.23. The zero-order valence-corrected chi connectivity index (χ0v) is 11.4. The number of benzene rings is 1. The molecule has 5 heteroatoms. The van der Waals surface area contributed by atoms with Gasteiger partial charge in [-0.25, -0.2) is 4.98 Å². The Balaban J connectivity index is 2.07. The van der Waals surface area contributed by atoms with Crippen molar-refractivity contribution in [3.8, 4) is 11.4 Å². The average Bonchev–Trinajstić information content (AvgIpc) is 2.40. The van der Waals surface area contributed by atoms with Crippen molar-refractivity contribution in [2.75, 3.05) is 13.6 Å². The minimum atomic E-state index is -0.0403. The van der Waals surface area contributed by atoms with Crippen LogP contribution in [0.5, 0.6) is 0 Å². The Morgan fingerprint density at radius 2 is 2.05 bits per heavy atom. The van der Waals surface area contributed by atoms with Crippen LogP contribution in [0.25, 0.3) is 11.4 Å². The van der Waals surface area contributed by atoms with E-state index in [2.05, 4.69) is 14.9 Å². The SMILES string of the molecule is CN1CCc2nc(-c3ccc(Cl)cc3)[nH]c(=O)c2C1. The van der Waals surface area contributed by atoms with E-state index in [1.807, 2.05) is 19.2 Å². The maximum absolute atomic E-state index is 12.1. The minimum absolute atomic E-state index is 0.0403. The molecule has 1 aliphatic heterocycles. The molecule has 1 aromatic carbocycles.